The number of aromatic nitrogens is 2. The van der Waals surface area contributed by atoms with Gasteiger partial charge < -0.3 is 14.8 Å². The van der Waals surface area contributed by atoms with Crippen molar-refractivity contribution in [3.63, 3.8) is 0 Å². The van der Waals surface area contributed by atoms with E-state index in [9.17, 15) is 17.6 Å². The van der Waals surface area contributed by atoms with Gasteiger partial charge in [-0.3, -0.25) is 4.79 Å². The quantitative estimate of drug-likeness (QED) is 0.602. The molecule has 0 saturated carbocycles. The number of benzene rings is 2. The monoisotopic (exact) mass is 476 g/mol. The molecule has 3 heterocycles. The Labute approximate surface area is 186 Å². The minimum atomic E-state index is -3.84. The Morgan fingerprint density at radius 1 is 1.12 bits per heavy atom. The van der Waals surface area contributed by atoms with Gasteiger partial charge in [-0.2, -0.15) is 4.31 Å². The van der Waals surface area contributed by atoms with Crippen molar-refractivity contribution in [3.05, 3.63) is 58.3 Å². The first-order chi connectivity index (χ1) is 15.4. The molecule has 3 aromatic rings. The number of carbonyl (C=O) groups excluding carboxylic acids is 1. The predicted octanol–water partition coefficient (Wildman–Crippen LogP) is 3.18. The maximum atomic E-state index is 13.2. The van der Waals surface area contributed by atoms with Crippen molar-refractivity contribution in [1.82, 2.24) is 14.5 Å². The number of amides is 1. The second kappa shape index (κ2) is 8.11. The molecular weight excluding hydrogens is 459 g/mol. The zero-order valence-corrected chi connectivity index (χ0v) is 18.2. The van der Waals surface area contributed by atoms with E-state index in [-0.39, 0.29) is 16.7 Å². The lowest BCUT2D eigenvalue weighted by Crippen LogP contribution is -2.30. The lowest BCUT2D eigenvalue weighted by Gasteiger charge is -2.22. The fraction of sp³-hybridized carbons (Fsp3) is 0.250. The average Bonchev–Trinajstić information content (AvgIpc) is 3.53. The van der Waals surface area contributed by atoms with Crippen LogP contribution in [0, 0.1) is 5.82 Å². The number of nitrogens with zero attached hydrogens (tertiary/aromatic N) is 3. The van der Waals surface area contributed by atoms with Crippen molar-refractivity contribution in [2.45, 2.75) is 23.8 Å². The third-order valence-corrected chi connectivity index (χ3v) is 8.12. The van der Waals surface area contributed by atoms with Gasteiger partial charge in [0.25, 0.3) is 5.91 Å². The van der Waals surface area contributed by atoms with Crippen molar-refractivity contribution in [3.8, 4) is 11.5 Å². The standard InChI is InChI=1S/C20H17FN4O5S2/c21-12-3-6-14(7-4-12)32(27,28)25-9-1-2-15(25)19-23-24-20(31-19)18(26)22-13-5-8-16-17(10-13)30-11-29-16/h3-8,10,15H,1-2,9,11H2,(H,22,26)/t15-/m1/s1. The molecule has 2 aliphatic heterocycles. The minimum Gasteiger partial charge on any atom is -0.454 e. The molecule has 1 atom stereocenters. The molecule has 2 aliphatic rings. The van der Waals surface area contributed by atoms with Crippen molar-refractivity contribution >= 4 is 33.0 Å². The number of fused-ring (bicyclic) bond motifs is 1. The number of anilines is 1. The highest BCUT2D eigenvalue weighted by Crippen LogP contribution is 2.38. The summed E-state index contributed by atoms with van der Waals surface area (Å²) in [6.45, 7) is 0.438. The second-order valence-corrected chi connectivity index (χ2v) is 10.1. The zero-order chi connectivity index (χ0) is 22.3. The number of sulfonamides is 1. The van der Waals surface area contributed by atoms with Gasteiger partial charge in [0.2, 0.25) is 21.8 Å². The summed E-state index contributed by atoms with van der Waals surface area (Å²) in [7, 11) is -3.84. The molecule has 5 rings (SSSR count). The predicted molar refractivity (Wildman–Crippen MR) is 113 cm³/mol. The molecule has 0 radical (unpaired) electrons. The highest BCUT2D eigenvalue weighted by molar-refractivity contribution is 7.89. The molecular formula is C20H17FN4O5S2. The van der Waals surface area contributed by atoms with Gasteiger partial charge in [-0.05, 0) is 49.2 Å². The molecule has 0 bridgehead atoms. The van der Waals surface area contributed by atoms with Gasteiger partial charge in [0, 0.05) is 18.3 Å². The third-order valence-electron chi connectivity index (χ3n) is 5.17. The van der Waals surface area contributed by atoms with Gasteiger partial charge >= 0.3 is 0 Å². The highest BCUT2D eigenvalue weighted by Gasteiger charge is 2.38. The highest BCUT2D eigenvalue weighted by atomic mass is 32.2. The van der Waals surface area contributed by atoms with Crippen LogP contribution in [-0.4, -0.2) is 42.2 Å². The molecule has 2 aromatic carbocycles. The first-order valence-corrected chi connectivity index (χ1v) is 12.0. The number of hydrogen-bond donors (Lipinski definition) is 1. The summed E-state index contributed by atoms with van der Waals surface area (Å²) in [5.41, 5.74) is 0.511. The minimum absolute atomic E-state index is 0.0103. The summed E-state index contributed by atoms with van der Waals surface area (Å²) < 4.78 is 51.2. The first-order valence-electron chi connectivity index (χ1n) is 9.73. The Hall–Kier alpha value is -3.09. The van der Waals surface area contributed by atoms with Crippen LogP contribution < -0.4 is 14.8 Å². The lowest BCUT2D eigenvalue weighted by atomic mass is 10.2. The van der Waals surface area contributed by atoms with Gasteiger partial charge in [-0.1, -0.05) is 11.3 Å². The number of hydrogen-bond acceptors (Lipinski definition) is 8. The SMILES string of the molecule is O=C(Nc1ccc2c(c1)OCO2)c1nnc([C@H]2CCCN2S(=O)(=O)c2ccc(F)cc2)s1. The van der Waals surface area contributed by atoms with E-state index in [2.05, 4.69) is 15.5 Å². The molecule has 9 nitrogen and oxygen atoms in total. The largest absolute Gasteiger partial charge is 0.454 e. The van der Waals surface area contributed by atoms with E-state index >= 15 is 0 Å². The molecule has 1 fully saturated rings. The van der Waals surface area contributed by atoms with E-state index in [1.54, 1.807) is 18.2 Å². The van der Waals surface area contributed by atoms with Gasteiger partial charge in [0.05, 0.1) is 10.9 Å². The fourth-order valence-electron chi connectivity index (χ4n) is 3.64. The van der Waals surface area contributed by atoms with Crippen molar-refractivity contribution < 1.29 is 27.1 Å². The van der Waals surface area contributed by atoms with Crippen LogP contribution in [0.15, 0.2) is 47.4 Å². The van der Waals surface area contributed by atoms with E-state index in [1.165, 1.54) is 16.4 Å². The molecule has 32 heavy (non-hydrogen) atoms. The van der Waals surface area contributed by atoms with E-state index in [4.69, 9.17) is 9.47 Å². The Morgan fingerprint density at radius 3 is 2.72 bits per heavy atom. The van der Waals surface area contributed by atoms with Gasteiger partial charge in [0.15, 0.2) is 11.5 Å². The normalized spacial score (nSPS) is 18.1. The van der Waals surface area contributed by atoms with E-state index in [1.807, 2.05) is 0 Å². The maximum Gasteiger partial charge on any atom is 0.286 e. The Morgan fingerprint density at radius 2 is 1.91 bits per heavy atom. The van der Waals surface area contributed by atoms with Crippen molar-refractivity contribution in [1.29, 1.82) is 0 Å². The Kier molecular flexibility index (Phi) is 5.27. The van der Waals surface area contributed by atoms with Crippen LogP contribution in [0.5, 0.6) is 11.5 Å². The summed E-state index contributed by atoms with van der Waals surface area (Å²) >= 11 is 1.04. The molecule has 1 N–H and O–H groups in total. The summed E-state index contributed by atoms with van der Waals surface area (Å²) in [4.78, 5) is 12.6. The maximum absolute atomic E-state index is 13.2. The average molecular weight is 477 g/mol. The van der Waals surface area contributed by atoms with Crippen molar-refractivity contribution in [2.75, 3.05) is 18.7 Å². The number of ether oxygens (including phenoxy) is 2. The van der Waals surface area contributed by atoms with Crippen LogP contribution >= 0.6 is 11.3 Å². The topological polar surface area (TPSA) is 111 Å². The first kappa shape index (κ1) is 20.8. The number of nitrogens with one attached hydrogen (secondary N) is 1. The summed E-state index contributed by atoms with van der Waals surface area (Å²) in [6.07, 6.45) is 1.20. The van der Waals surface area contributed by atoms with Gasteiger partial charge in [-0.25, -0.2) is 12.8 Å². The second-order valence-electron chi connectivity index (χ2n) is 7.20. The molecule has 166 valence electrons. The van der Waals surface area contributed by atoms with Crippen LogP contribution in [0.2, 0.25) is 0 Å². The smallest absolute Gasteiger partial charge is 0.286 e. The van der Waals surface area contributed by atoms with Crippen LogP contribution in [0.3, 0.4) is 0 Å². The number of carbonyl (C=O) groups is 1. The van der Waals surface area contributed by atoms with Crippen molar-refractivity contribution in [2.24, 2.45) is 0 Å². The van der Waals surface area contributed by atoms with E-state index in [0.717, 1.165) is 23.5 Å². The molecule has 1 aromatic heterocycles. The molecule has 12 heteroatoms. The molecule has 1 saturated heterocycles. The Balaban J connectivity index is 1.34. The Bertz CT molecular complexity index is 1280. The molecule has 1 amide bonds. The van der Waals surface area contributed by atoms with Gasteiger partial charge in [-0.15, -0.1) is 10.2 Å². The fourth-order valence-corrected chi connectivity index (χ4v) is 6.25. The number of halogens is 1. The van der Waals surface area contributed by atoms with E-state index in [0.29, 0.717) is 41.6 Å². The third kappa shape index (κ3) is 3.80. The molecule has 0 unspecified atom stereocenters. The number of rotatable bonds is 5. The van der Waals surface area contributed by atoms with E-state index < -0.39 is 27.8 Å². The molecule has 0 aliphatic carbocycles. The lowest BCUT2D eigenvalue weighted by molar-refractivity contribution is 0.102. The zero-order valence-electron chi connectivity index (χ0n) is 16.5. The van der Waals surface area contributed by atoms with Crippen LogP contribution in [0.25, 0.3) is 0 Å². The van der Waals surface area contributed by atoms with Crippen LogP contribution in [-0.2, 0) is 10.0 Å². The van der Waals surface area contributed by atoms with Crippen LogP contribution in [0.4, 0.5) is 10.1 Å². The van der Waals surface area contributed by atoms with Gasteiger partial charge in [0.1, 0.15) is 10.8 Å². The molecule has 0 spiro atoms. The summed E-state index contributed by atoms with van der Waals surface area (Å²) in [5, 5.41) is 11.3. The van der Waals surface area contributed by atoms with Crippen LogP contribution in [0.1, 0.15) is 33.7 Å². The summed E-state index contributed by atoms with van der Waals surface area (Å²) in [6, 6.07) is 9.20. The summed E-state index contributed by atoms with van der Waals surface area (Å²) in [5.74, 6) is 0.168.